The van der Waals surface area contributed by atoms with E-state index in [1.54, 1.807) is 0 Å². The van der Waals surface area contributed by atoms with Gasteiger partial charge in [0.1, 0.15) is 0 Å². The largest absolute Gasteiger partial charge is 0.490 e. The maximum atomic E-state index is 11.4. The van der Waals surface area contributed by atoms with Crippen molar-refractivity contribution in [3.8, 4) is 0 Å². The zero-order chi connectivity index (χ0) is 12.5. The summed E-state index contributed by atoms with van der Waals surface area (Å²) >= 11 is 0. The number of allylic oxidation sites excluding steroid dienone is 1. The number of hydrogen-bond acceptors (Lipinski definition) is 3. The fourth-order valence-corrected chi connectivity index (χ4v) is 1.98. The van der Waals surface area contributed by atoms with Crippen LogP contribution in [-0.4, -0.2) is 17.7 Å². The summed E-state index contributed by atoms with van der Waals surface area (Å²) in [5, 5.41) is 0. The number of unbranched alkanes of at least 4 members (excludes halogenated alkanes) is 6. The molecule has 1 atom stereocenters. The number of ether oxygens (including phenoxy) is 1. The molecule has 0 saturated heterocycles. The third-order valence-electron chi connectivity index (χ3n) is 3.07. The molecule has 0 N–H and O–H groups in total. The maximum Gasteiger partial charge on any atom is 0.243 e. The zero-order valence-corrected chi connectivity index (χ0v) is 10.6. The Morgan fingerprint density at radius 1 is 1.06 bits per heavy atom. The molecule has 0 bridgehead atoms. The molecule has 1 heterocycles. The molecule has 0 fully saturated rings. The van der Waals surface area contributed by atoms with E-state index in [-0.39, 0.29) is 0 Å². The van der Waals surface area contributed by atoms with Crippen molar-refractivity contribution < 1.29 is 14.3 Å². The molecule has 96 valence electrons. The molecule has 17 heavy (non-hydrogen) atoms. The quantitative estimate of drug-likeness (QED) is 0.482. The van der Waals surface area contributed by atoms with E-state index in [1.807, 2.05) is 0 Å². The normalized spacial score (nSPS) is 19.5. The SMILES string of the molecule is CCCCCCCCCC1OC=CC(=O)C1=O. The van der Waals surface area contributed by atoms with Crippen LogP contribution in [0.5, 0.6) is 0 Å². The molecule has 0 aliphatic carbocycles. The van der Waals surface area contributed by atoms with Gasteiger partial charge in [0, 0.05) is 6.08 Å². The second kappa shape index (κ2) is 8.04. The molecular formula is C14H22O3. The van der Waals surface area contributed by atoms with Crippen molar-refractivity contribution in [3.63, 3.8) is 0 Å². The lowest BCUT2D eigenvalue weighted by Gasteiger charge is -2.16. The first-order valence-electron chi connectivity index (χ1n) is 6.66. The van der Waals surface area contributed by atoms with Gasteiger partial charge in [0.2, 0.25) is 11.6 Å². The van der Waals surface area contributed by atoms with Crippen LogP contribution < -0.4 is 0 Å². The average molecular weight is 238 g/mol. The molecule has 3 heteroatoms. The third-order valence-corrected chi connectivity index (χ3v) is 3.07. The Kier molecular flexibility index (Phi) is 6.60. The molecule has 1 unspecified atom stereocenters. The van der Waals surface area contributed by atoms with Crippen molar-refractivity contribution in [2.24, 2.45) is 0 Å². The fourth-order valence-electron chi connectivity index (χ4n) is 1.98. The Labute approximate surface area is 103 Å². The van der Waals surface area contributed by atoms with Crippen LogP contribution >= 0.6 is 0 Å². The van der Waals surface area contributed by atoms with E-state index >= 15 is 0 Å². The van der Waals surface area contributed by atoms with Gasteiger partial charge in [0.05, 0.1) is 6.26 Å². The smallest absolute Gasteiger partial charge is 0.243 e. The fraction of sp³-hybridized carbons (Fsp3) is 0.714. The lowest BCUT2D eigenvalue weighted by Crippen LogP contribution is -2.31. The van der Waals surface area contributed by atoms with Crippen LogP contribution in [0, 0.1) is 0 Å². The average Bonchev–Trinajstić information content (AvgIpc) is 2.33. The van der Waals surface area contributed by atoms with Gasteiger partial charge in [-0.05, 0) is 12.8 Å². The van der Waals surface area contributed by atoms with E-state index in [0.29, 0.717) is 6.42 Å². The van der Waals surface area contributed by atoms with E-state index < -0.39 is 17.7 Å². The van der Waals surface area contributed by atoms with Gasteiger partial charge in [-0.25, -0.2) is 0 Å². The molecule has 1 rings (SSSR count). The lowest BCUT2D eigenvalue weighted by molar-refractivity contribution is -0.141. The Balaban J connectivity index is 2.05. The maximum absolute atomic E-state index is 11.4. The molecule has 0 amide bonds. The lowest BCUT2D eigenvalue weighted by atomic mass is 10.0. The molecular weight excluding hydrogens is 216 g/mol. The number of hydrogen-bond donors (Lipinski definition) is 0. The monoisotopic (exact) mass is 238 g/mol. The highest BCUT2D eigenvalue weighted by Crippen LogP contribution is 2.14. The van der Waals surface area contributed by atoms with E-state index in [4.69, 9.17) is 4.74 Å². The number of carbonyl (C=O) groups is 2. The van der Waals surface area contributed by atoms with Crippen LogP contribution in [0.2, 0.25) is 0 Å². The van der Waals surface area contributed by atoms with E-state index in [0.717, 1.165) is 12.8 Å². The van der Waals surface area contributed by atoms with Crippen molar-refractivity contribution in [3.05, 3.63) is 12.3 Å². The highest BCUT2D eigenvalue weighted by atomic mass is 16.5. The van der Waals surface area contributed by atoms with Gasteiger partial charge in [-0.2, -0.15) is 0 Å². The molecule has 0 aromatic rings. The van der Waals surface area contributed by atoms with Crippen molar-refractivity contribution in [1.29, 1.82) is 0 Å². The van der Waals surface area contributed by atoms with Crippen LogP contribution in [0.4, 0.5) is 0 Å². The summed E-state index contributed by atoms with van der Waals surface area (Å²) in [4.78, 5) is 22.5. The summed E-state index contributed by atoms with van der Waals surface area (Å²) in [5.74, 6) is -0.817. The van der Waals surface area contributed by atoms with Crippen molar-refractivity contribution in [1.82, 2.24) is 0 Å². The second-order valence-electron chi connectivity index (χ2n) is 4.57. The Morgan fingerprint density at radius 2 is 1.71 bits per heavy atom. The molecule has 0 radical (unpaired) electrons. The van der Waals surface area contributed by atoms with Crippen LogP contribution in [0.15, 0.2) is 12.3 Å². The minimum atomic E-state index is -0.525. The summed E-state index contributed by atoms with van der Waals surface area (Å²) in [6.45, 7) is 2.20. The first kappa shape index (κ1) is 13.9. The third kappa shape index (κ3) is 5.16. The number of Topliss-reactive ketones (excluding diaryl/α,β-unsaturated/α-hetero) is 1. The Hall–Kier alpha value is -1.12. The van der Waals surface area contributed by atoms with E-state index in [1.165, 1.54) is 44.4 Å². The summed E-state index contributed by atoms with van der Waals surface area (Å²) in [5.41, 5.74) is 0. The molecule has 0 spiro atoms. The van der Waals surface area contributed by atoms with Crippen LogP contribution in [0.25, 0.3) is 0 Å². The highest BCUT2D eigenvalue weighted by Gasteiger charge is 2.26. The minimum Gasteiger partial charge on any atom is -0.490 e. The molecule has 1 aliphatic rings. The van der Waals surface area contributed by atoms with Crippen LogP contribution in [-0.2, 0) is 14.3 Å². The zero-order valence-electron chi connectivity index (χ0n) is 10.6. The molecule has 3 nitrogen and oxygen atoms in total. The van der Waals surface area contributed by atoms with Gasteiger partial charge in [-0.15, -0.1) is 0 Å². The number of carbonyl (C=O) groups excluding carboxylic acids is 2. The van der Waals surface area contributed by atoms with Crippen LogP contribution in [0.1, 0.15) is 58.3 Å². The van der Waals surface area contributed by atoms with Gasteiger partial charge in [0.15, 0.2) is 6.10 Å². The van der Waals surface area contributed by atoms with Gasteiger partial charge in [-0.1, -0.05) is 45.4 Å². The molecule has 0 aromatic heterocycles. The summed E-state index contributed by atoms with van der Waals surface area (Å²) < 4.78 is 5.15. The summed E-state index contributed by atoms with van der Waals surface area (Å²) in [6, 6.07) is 0. The van der Waals surface area contributed by atoms with Gasteiger partial charge < -0.3 is 4.74 Å². The number of rotatable bonds is 8. The molecule has 0 aromatic carbocycles. The van der Waals surface area contributed by atoms with Crippen molar-refractivity contribution in [2.45, 2.75) is 64.4 Å². The molecule has 0 saturated carbocycles. The van der Waals surface area contributed by atoms with Crippen molar-refractivity contribution in [2.75, 3.05) is 0 Å². The Morgan fingerprint density at radius 3 is 2.41 bits per heavy atom. The predicted molar refractivity (Wildman–Crippen MR) is 66.6 cm³/mol. The van der Waals surface area contributed by atoms with Gasteiger partial charge in [-0.3, -0.25) is 9.59 Å². The van der Waals surface area contributed by atoms with Crippen molar-refractivity contribution >= 4 is 11.6 Å². The molecule has 1 aliphatic heterocycles. The van der Waals surface area contributed by atoms with Crippen LogP contribution in [0.3, 0.4) is 0 Å². The topological polar surface area (TPSA) is 43.4 Å². The van der Waals surface area contributed by atoms with Gasteiger partial charge in [0.25, 0.3) is 0 Å². The minimum absolute atomic E-state index is 0.390. The summed E-state index contributed by atoms with van der Waals surface area (Å²) in [7, 11) is 0. The van der Waals surface area contributed by atoms with E-state index in [9.17, 15) is 9.59 Å². The first-order chi connectivity index (χ1) is 8.25. The summed E-state index contributed by atoms with van der Waals surface area (Å²) in [6.07, 6.45) is 11.1. The second-order valence-corrected chi connectivity index (χ2v) is 4.57. The number of ketones is 2. The highest BCUT2D eigenvalue weighted by molar-refractivity contribution is 6.43. The van der Waals surface area contributed by atoms with Gasteiger partial charge >= 0.3 is 0 Å². The first-order valence-corrected chi connectivity index (χ1v) is 6.66. The Bertz CT molecular complexity index is 281. The predicted octanol–water partition coefficient (Wildman–Crippen LogP) is 3.18. The van der Waals surface area contributed by atoms with E-state index in [2.05, 4.69) is 6.92 Å². The standard InChI is InChI=1S/C14H22O3/c1-2-3-4-5-6-7-8-9-13-14(16)12(15)10-11-17-13/h10-11,13H,2-9H2,1H3.